The van der Waals surface area contributed by atoms with Gasteiger partial charge in [0, 0.05) is 12.6 Å². The third-order valence-corrected chi connectivity index (χ3v) is 4.42. The summed E-state index contributed by atoms with van der Waals surface area (Å²) in [5.74, 6) is 0. The van der Waals surface area contributed by atoms with Crippen LogP contribution in [0, 0.1) is 0 Å². The van der Waals surface area contributed by atoms with Crippen LogP contribution in [-0.2, 0) is 0 Å². The summed E-state index contributed by atoms with van der Waals surface area (Å²) in [4.78, 5) is 2.58. The Balaban J connectivity index is 1.85. The van der Waals surface area contributed by atoms with Crippen LogP contribution in [0.2, 0.25) is 0 Å². The molecule has 0 amide bonds. The van der Waals surface area contributed by atoms with Crippen LogP contribution in [0.4, 0.5) is 0 Å². The average Bonchev–Trinajstić information content (AvgIpc) is 2.46. The summed E-state index contributed by atoms with van der Waals surface area (Å²) in [5.41, 5.74) is 0. The number of rotatable bonds is 11. The molecule has 0 radical (unpaired) electrons. The summed E-state index contributed by atoms with van der Waals surface area (Å²) in [7, 11) is 0. The van der Waals surface area contributed by atoms with Crippen LogP contribution in [-0.4, -0.2) is 37.1 Å². The van der Waals surface area contributed by atoms with Gasteiger partial charge >= 0.3 is 0 Å². The first-order valence-electron chi connectivity index (χ1n) is 8.82. The van der Waals surface area contributed by atoms with Crippen molar-refractivity contribution in [2.75, 3.05) is 26.2 Å². The maximum absolute atomic E-state index is 3.76. The number of unbranched alkanes of at least 4 members (excludes halogenated alkanes) is 7. The second kappa shape index (κ2) is 11.7. The number of hydrogen-bond acceptors (Lipinski definition) is 2. The van der Waals surface area contributed by atoms with Crippen LogP contribution >= 0.6 is 0 Å². The Morgan fingerprint density at radius 3 is 2.32 bits per heavy atom. The zero-order valence-electron chi connectivity index (χ0n) is 13.4. The van der Waals surface area contributed by atoms with Crippen LogP contribution in [0.3, 0.4) is 0 Å². The van der Waals surface area contributed by atoms with Crippen molar-refractivity contribution < 1.29 is 0 Å². The molecule has 2 heteroatoms. The molecule has 0 spiro atoms. The van der Waals surface area contributed by atoms with Gasteiger partial charge in [-0.1, -0.05) is 58.8 Å². The lowest BCUT2D eigenvalue weighted by Crippen LogP contribution is -2.45. The molecule has 1 saturated heterocycles. The summed E-state index contributed by atoms with van der Waals surface area (Å²) in [6.07, 6.45) is 14.1. The fraction of sp³-hybridized carbons (Fsp3) is 1.00. The number of hydrogen-bond donors (Lipinski definition) is 1. The van der Waals surface area contributed by atoms with E-state index in [1.165, 1.54) is 90.4 Å². The van der Waals surface area contributed by atoms with E-state index >= 15 is 0 Å². The molecule has 1 heterocycles. The summed E-state index contributed by atoms with van der Waals surface area (Å²) >= 11 is 0. The molecule has 1 rings (SSSR count). The minimum atomic E-state index is 0.762. The second-order valence-electron chi connectivity index (χ2n) is 6.16. The molecule has 114 valence electrons. The largest absolute Gasteiger partial charge is 0.313 e. The van der Waals surface area contributed by atoms with Crippen molar-refractivity contribution in [3.05, 3.63) is 0 Å². The first-order chi connectivity index (χ1) is 9.36. The van der Waals surface area contributed by atoms with Gasteiger partial charge in [-0.05, 0) is 38.9 Å². The zero-order chi connectivity index (χ0) is 13.8. The highest BCUT2D eigenvalue weighted by atomic mass is 15.2. The summed E-state index contributed by atoms with van der Waals surface area (Å²) in [6, 6.07) is 0.762. The van der Waals surface area contributed by atoms with Crippen LogP contribution in [0.15, 0.2) is 0 Å². The van der Waals surface area contributed by atoms with Crippen molar-refractivity contribution >= 4 is 0 Å². The third-order valence-electron chi connectivity index (χ3n) is 4.42. The van der Waals surface area contributed by atoms with Crippen LogP contribution < -0.4 is 5.32 Å². The monoisotopic (exact) mass is 268 g/mol. The lowest BCUT2D eigenvalue weighted by Gasteiger charge is -2.32. The first-order valence-corrected chi connectivity index (χ1v) is 8.82. The molecule has 1 aliphatic rings. The molecule has 1 unspecified atom stereocenters. The highest BCUT2D eigenvalue weighted by molar-refractivity contribution is 4.77. The van der Waals surface area contributed by atoms with E-state index in [1.54, 1.807) is 0 Å². The highest BCUT2D eigenvalue weighted by Gasteiger charge is 2.17. The summed E-state index contributed by atoms with van der Waals surface area (Å²) in [5, 5.41) is 3.76. The van der Waals surface area contributed by atoms with Crippen LogP contribution in [0.5, 0.6) is 0 Å². The maximum Gasteiger partial charge on any atom is 0.0195 e. The van der Waals surface area contributed by atoms with Gasteiger partial charge in [0.1, 0.15) is 0 Å². The average molecular weight is 268 g/mol. The molecular formula is C17H36N2. The molecule has 1 aliphatic heterocycles. The molecule has 1 N–H and O–H groups in total. The predicted octanol–water partition coefficient (Wildman–Crippen LogP) is 4.20. The number of nitrogens with one attached hydrogen (secondary N) is 1. The van der Waals surface area contributed by atoms with Crippen LogP contribution in [0.25, 0.3) is 0 Å². The van der Waals surface area contributed by atoms with E-state index < -0.39 is 0 Å². The Morgan fingerprint density at radius 2 is 1.63 bits per heavy atom. The third kappa shape index (κ3) is 8.65. The lowest BCUT2D eigenvalue weighted by molar-refractivity contribution is 0.199. The SMILES string of the molecule is CCCCCCCCCCNC1CCCN(CC)C1. The van der Waals surface area contributed by atoms with E-state index in [0.717, 1.165) is 6.04 Å². The van der Waals surface area contributed by atoms with E-state index in [1.807, 2.05) is 0 Å². The van der Waals surface area contributed by atoms with E-state index in [0.29, 0.717) is 0 Å². The molecular weight excluding hydrogens is 232 g/mol. The Morgan fingerprint density at radius 1 is 0.947 bits per heavy atom. The number of piperidine rings is 1. The van der Waals surface area contributed by atoms with Gasteiger partial charge in [0.15, 0.2) is 0 Å². The normalized spacial score (nSPS) is 20.8. The molecule has 0 aromatic carbocycles. The zero-order valence-corrected chi connectivity index (χ0v) is 13.4. The van der Waals surface area contributed by atoms with Gasteiger partial charge in [-0.15, -0.1) is 0 Å². The van der Waals surface area contributed by atoms with E-state index in [9.17, 15) is 0 Å². The Kier molecular flexibility index (Phi) is 10.5. The minimum absolute atomic E-state index is 0.762. The summed E-state index contributed by atoms with van der Waals surface area (Å²) < 4.78 is 0. The highest BCUT2D eigenvalue weighted by Crippen LogP contribution is 2.10. The number of likely N-dealkylation sites (tertiary alicyclic amines) is 1. The molecule has 19 heavy (non-hydrogen) atoms. The van der Waals surface area contributed by atoms with Gasteiger partial charge in [-0.3, -0.25) is 0 Å². The molecule has 0 bridgehead atoms. The Hall–Kier alpha value is -0.0800. The minimum Gasteiger partial charge on any atom is -0.313 e. The van der Waals surface area contributed by atoms with Crippen molar-refractivity contribution in [3.63, 3.8) is 0 Å². The molecule has 0 aromatic rings. The van der Waals surface area contributed by atoms with Gasteiger partial charge < -0.3 is 10.2 Å². The quantitative estimate of drug-likeness (QED) is 0.565. The van der Waals surface area contributed by atoms with Gasteiger partial charge in [-0.2, -0.15) is 0 Å². The van der Waals surface area contributed by atoms with Crippen molar-refractivity contribution in [2.24, 2.45) is 0 Å². The van der Waals surface area contributed by atoms with Crippen molar-refractivity contribution in [2.45, 2.75) is 84.1 Å². The fourth-order valence-electron chi connectivity index (χ4n) is 3.07. The van der Waals surface area contributed by atoms with Crippen molar-refractivity contribution in [1.29, 1.82) is 0 Å². The first kappa shape index (κ1) is 17.0. The van der Waals surface area contributed by atoms with E-state index in [2.05, 4.69) is 24.1 Å². The molecule has 0 saturated carbocycles. The standard InChI is InChI=1S/C17H36N2/c1-3-5-6-7-8-9-10-11-14-18-17-13-12-15-19(4-2)16-17/h17-18H,3-16H2,1-2H3. The Bertz CT molecular complexity index is 194. The fourth-order valence-corrected chi connectivity index (χ4v) is 3.07. The van der Waals surface area contributed by atoms with Gasteiger partial charge in [0.25, 0.3) is 0 Å². The van der Waals surface area contributed by atoms with Gasteiger partial charge in [-0.25, -0.2) is 0 Å². The molecule has 1 atom stereocenters. The molecule has 1 fully saturated rings. The van der Waals surface area contributed by atoms with Crippen molar-refractivity contribution in [1.82, 2.24) is 10.2 Å². The van der Waals surface area contributed by atoms with Crippen molar-refractivity contribution in [3.8, 4) is 0 Å². The second-order valence-corrected chi connectivity index (χ2v) is 6.16. The van der Waals surface area contributed by atoms with Crippen LogP contribution in [0.1, 0.15) is 78.1 Å². The molecule has 2 nitrogen and oxygen atoms in total. The number of likely N-dealkylation sites (N-methyl/N-ethyl adjacent to an activating group) is 1. The molecule has 0 aliphatic carbocycles. The topological polar surface area (TPSA) is 15.3 Å². The summed E-state index contributed by atoms with van der Waals surface area (Å²) in [6.45, 7) is 9.60. The Labute approximate surface area is 121 Å². The van der Waals surface area contributed by atoms with E-state index in [4.69, 9.17) is 0 Å². The van der Waals surface area contributed by atoms with Gasteiger partial charge in [0.2, 0.25) is 0 Å². The predicted molar refractivity (Wildman–Crippen MR) is 85.7 cm³/mol. The number of nitrogens with zero attached hydrogens (tertiary/aromatic N) is 1. The maximum atomic E-state index is 3.76. The van der Waals surface area contributed by atoms with Gasteiger partial charge in [0.05, 0.1) is 0 Å². The molecule has 0 aromatic heterocycles. The van der Waals surface area contributed by atoms with E-state index in [-0.39, 0.29) is 0 Å². The smallest absolute Gasteiger partial charge is 0.0195 e. The lowest BCUT2D eigenvalue weighted by atomic mass is 10.1.